The smallest absolute Gasteiger partial charge is 0.140 e. The van der Waals surface area contributed by atoms with E-state index < -0.39 is 0 Å². The molecule has 0 aliphatic heterocycles. The summed E-state index contributed by atoms with van der Waals surface area (Å²) in [4.78, 5) is 12.1. The zero-order valence-corrected chi connectivity index (χ0v) is 10.2. The number of hydrogen-bond donors (Lipinski definition) is 0. The number of ether oxygens (including phenoxy) is 1. The van der Waals surface area contributed by atoms with Crippen LogP contribution in [0.3, 0.4) is 0 Å². The van der Waals surface area contributed by atoms with Crippen LogP contribution in [0.4, 0.5) is 0 Å². The Bertz CT molecular complexity index is 450. The number of Topliss-reactive ketones (excluding diaryl/α,β-unsaturated/α-hetero) is 1. The minimum absolute atomic E-state index is 0.179. The first kappa shape index (κ1) is 10.8. The van der Waals surface area contributed by atoms with Crippen molar-refractivity contribution in [3.63, 3.8) is 0 Å². The monoisotopic (exact) mass is 230 g/mol. The third-order valence-corrected chi connectivity index (χ3v) is 4.29. The van der Waals surface area contributed by atoms with Crippen LogP contribution in [0.5, 0.6) is 5.75 Å². The number of fused-ring (bicyclic) bond motifs is 3. The van der Waals surface area contributed by atoms with E-state index in [1.807, 2.05) is 6.07 Å². The molecule has 90 valence electrons. The maximum atomic E-state index is 12.1. The Labute approximate surface area is 102 Å². The van der Waals surface area contributed by atoms with Gasteiger partial charge in [-0.3, -0.25) is 4.79 Å². The maximum absolute atomic E-state index is 12.1. The minimum atomic E-state index is 0.179. The summed E-state index contributed by atoms with van der Waals surface area (Å²) in [6.07, 6.45) is 5.34. The molecule has 0 N–H and O–H groups in total. The summed E-state index contributed by atoms with van der Waals surface area (Å²) in [5.41, 5.74) is 2.59. The molecule has 0 amide bonds. The first-order valence-electron chi connectivity index (χ1n) is 6.49. The molecule has 2 nitrogen and oxygen atoms in total. The van der Waals surface area contributed by atoms with Crippen molar-refractivity contribution in [2.45, 2.75) is 38.0 Å². The van der Waals surface area contributed by atoms with Gasteiger partial charge >= 0.3 is 0 Å². The minimum Gasteiger partial charge on any atom is -0.497 e. The standard InChI is InChI=1S/C15H18O2/c1-17-12-7-8-13-11(9-12)6-5-10-3-2-4-14(16)15(10)13/h7-10,15H,2-6H2,1H3/t10-,15-/m1/s1. The van der Waals surface area contributed by atoms with Gasteiger partial charge in [0, 0.05) is 12.3 Å². The molecule has 0 bridgehead atoms. The van der Waals surface area contributed by atoms with Crippen LogP contribution < -0.4 is 4.74 Å². The van der Waals surface area contributed by atoms with E-state index in [1.54, 1.807) is 7.11 Å². The third-order valence-electron chi connectivity index (χ3n) is 4.29. The lowest BCUT2D eigenvalue weighted by Crippen LogP contribution is -2.30. The molecule has 1 fully saturated rings. The molecule has 1 saturated carbocycles. The van der Waals surface area contributed by atoms with Gasteiger partial charge in [-0.15, -0.1) is 0 Å². The lowest BCUT2D eigenvalue weighted by molar-refractivity contribution is -0.123. The van der Waals surface area contributed by atoms with E-state index >= 15 is 0 Å². The van der Waals surface area contributed by atoms with E-state index in [4.69, 9.17) is 4.74 Å². The third kappa shape index (κ3) is 1.76. The quantitative estimate of drug-likeness (QED) is 0.741. The van der Waals surface area contributed by atoms with Crippen LogP contribution in [0.25, 0.3) is 0 Å². The second-order valence-corrected chi connectivity index (χ2v) is 5.20. The summed E-state index contributed by atoms with van der Waals surface area (Å²) in [6.45, 7) is 0. The first-order valence-corrected chi connectivity index (χ1v) is 6.49. The van der Waals surface area contributed by atoms with Gasteiger partial charge in [-0.1, -0.05) is 6.07 Å². The van der Waals surface area contributed by atoms with Crippen LogP contribution >= 0.6 is 0 Å². The predicted molar refractivity (Wildman–Crippen MR) is 66.4 cm³/mol. The van der Waals surface area contributed by atoms with E-state index in [2.05, 4.69) is 12.1 Å². The van der Waals surface area contributed by atoms with Gasteiger partial charge in [-0.25, -0.2) is 0 Å². The molecule has 2 heteroatoms. The Morgan fingerprint density at radius 2 is 2.12 bits per heavy atom. The van der Waals surface area contributed by atoms with Crippen LogP contribution in [0.1, 0.15) is 42.7 Å². The molecule has 2 aliphatic carbocycles. The van der Waals surface area contributed by atoms with Crippen molar-refractivity contribution in [2.24, 2.45) is 5.92 Å². The van der Waals surface area contributed by atoms with Gasteiger partial charge in [0.2, 0.25) is 0 Å². The van der Waals surface area contributed by atoms with Crippen molar-refractivity contribution in [1.29, 1.82) is 0 Å². The Morgan fingerprint density at radius 3 is 2.94 bits per heavy atom. The molecule has 3 rings (SSSR count). The Kier molecular flexibility index (Phi) is 2.65. The van der Waals surface area contributed by atoms with E-state index in [1.165, 1.54) is 17.5 Å². The molecular formula is C15H18O2. The Morgan fingerprint density at radius 1 is 1.24 bits per heavy atom. The van der Waals surface area contributed by atoms with E-state index in [0.717, 1.165) is 31.4 Å². The maximum Gasteiger partial charge on any atom is 0.140 e. The molecule has 1 aromatic rings. The molecule has 17 heavy (non-hydrogen) atoms. The van der Waals surface area contributed by atoms with Gasteiger partial charge in [0.1, 0.15) is 11.5 Å². The van der Waals surface area contributed by atoms with Crippen LogP contribution in [-0.2, 0) is 11.2 Å². The lowest BCUT2D eigenvalue weighted by Gasteiger charge is -2.36. The molecule has 2 atom stereocenters. The average molecular weight is 230 g/mol. The zero-order chi connectivity index (χ0) is 11.8. The van der Waals surface area contributed by atoms with Crippen molar-refractivity contribution in [1.82, 2.24) is 0 Å². The number of aryl methyl sites for hydroxylation is 1. The molecule has 2 aliphatic rings. The second-order valence-electron chi connectivity index (χ2n) is 5.20. The van der Waals surface area contributed by atoms with E-state index in [9.17, 15) is 4.79 Å². The van der Waals surface area contributed by atoms with Gasteiger partial charge in [0.05, 0.1) is 7.11 Å². The second kappa shape index (κ2) is 4.17. The number of rotatable bonds is 1. The summed E-state index contributed by atoms with van der Waals surface area (Å²) in [5, 5.41) is 0. The largest absolute Gasteiger partial charge is 0.497 e. The van der Waals surface area contributed by atoms with Crippen molar-refractivity contribution in [3.05, 3.63) is 29.3 Å². The first-order chi connectivity index (χ1) is 8.29. The number of benzene rings is 1. The van der Waals surface area contributed by atoms with Gasteiger partial charge in [-0.2, -0.15) is 0 Å². The van der Waals surface area contributed by atoms with E-state index in [-0.39, 0.29) is 5.92 Å². The molecule has 0 radical (unpaired) electrons. The van der Waals surface area contributed by atoms with Gasteiger partial charge < -0.3 is 4.74 Å². The van der Waals surface area contributed by atoms with Gasteiger partial charge in [-0.05, 0) is 54.9 Å². The number of ketones is 1. The van der Waals surface area contributed by atoms with Crippen LogP contribution in [0.2, 0.25) is 0 Å². The molecule has 1 aromatic carbocycles. The predicted octanol–water partition coefficient (Wildman–Crippen LogP) is 3.09. The highest BCUT2D eigenvalue weighted by atomic mass is 16.5. The van der Waals surface area contributed by atoms with Crippen molar-refractivity contribution in [2.75, 3.05) is 7.11 Å². The topological polar surface area (TPSA) is 26.3 Å². The fourth-order valence-electron chi connectivity index (χ4n) is 3.43. The Balaban J connectivity index is 2.02. The molecule has 0 spiro atoms. The van der Waals surface area contributed by atoms with E-state index in [0.29, 0.717) is 11.7 Å². The van der Waals surface area contributed by atoms with Crippen LogP contribution in [-0.4, -0.2) is 12.9 Å². The summed E-state index contributed by atoms with van der Waals surface area (Å²) in [6, 6.07) is 6.20. The molecule has 0 saturated heterocycles. The molecular weight excluding hydrogens is 212 g/mol. The van der Waals surface area contributed by atoms with Gasteiger partial charge in [0.15, 0.2) is 0 Å². The summed E-state index contributed by atoms with van der Waals surface area (Å²) in [7, 11) is 1.69. The number of carbonyl (C=O) groups is 1. The van der Waals surface area contributed by atoms with Gasteiger partial charge in [0.25, 0.3) is 0 Å². The highest BCUT2D eigenvalue weighted by Gasteiger charge is 2.36. The molecule has 0 aromatic heterocycles. The zero-order valence-electron chi connectivity index (χ0n) is 10.2. The SMILES string of the molecule is COc1ccc2c(c1)CC[C@H]1CCCC(=O)[C@@H]21. The normalized spacial score (nSPS) is 27.2. The van der Waals surface area contributed by atoms with Crippen LogP contribution in [0, 0.1) is 5.92 Å². The number of methoxy groups -OCH3 is 1. The highest BCUT2D eigenvalue weighted by molar-refractivity contribution is 5.87. The number of carbonyl (C=O) groups excluding carboxylic acids is 1. The lowest BCUT2D eigenvalue weighted by atomic mass is 9.67. The number of hydrogen-bond acceptors (Lipinski definition) is 2. The average Bonchev–Trinajstić information content (AvgIpc) is 2.38. The molecule has 0 unspecified atom stereocenters. The van der Waals surface area contributed by atoms with Crippen molar-refractivity contribution < 1.29 is 9.53 Å². The van der Waals surface area contributed by atoms with Crippen molar-refractivity contribution >= 4 is 5.78 Å². The van der Waals surface area contributed by atoms with Crippen molar-refractivity contribution in [3.8, 4) is 5.75 Å². The highest BCUT2D eigenvalue weighted by Crippen LogP contribution is 2.43. The summed E-state index contributed by atoms with van der Waals surface area (Å²) >= 11 is 0. The fourth-order valence-corrected chi connectivity index (χ4v) is 3.43. The fraction of sp³-hybridized carbons (Fsp3) is 0.533. The van der Waals surface area contributed by atoms with Crippen LogP contribution in [0.15, 0.2) is 18.2 Å². The Hall–Kier alpha value is -1.31. The summed E-state index contributed by atoms with van der Waals surface area (Å²) < 4.78 is 5.26. The summed E-state index contributed by atoms with van der Waals surface area (Å²) in [5.74, 6) is 2.13. The molecule has 0 heterocycles.